The molecule has 0 aromatic carbocycles. The van der Waals surface area contributed by atoms with Gasteiger partial charge < -0.3 is 4.42 Å². The van der Waals surface area contributed by atoms with Crippen molar-refractivity contribution in [3.8, 4) is 0 Å². The van der Waals surface area contributed by atoms with Crippen molar-refractivity contribution in [2.24, 2.45) is 11.0 Å². The van der Waals surface area contributed by atoms with Gasteiger partial charge in [0.2, 0.25) is 5.91 Å². The highest BCUT2D eigenvalue weighted by atomic mass is 16.3. The Kier molecular flexibility index (Phi) is 2.43. The largest absolute Gasteiger partial charge is 0.460 e. The first-order valence-corrected chi connectivity index (χ1v) is 5.88. The van der Waals surface area contributed by atoms with Gasteiger partial charge in [0.05, 0.1) is 6.21 Å². The maximum Gasteiger partial charge on any atom is 0.344 e. The maximum atomic E-state index is 11.2. The number of nitrogens with zero attached hydrogens (tertiary/aromatic N) is 2. The molecule has 1 aliphatic heterocycles. The first-order valence-electron chi connectivity index (χ1n) is 5.88. The van der Waals surface area contributed by atoms with Crippen LogP contribution in [0.5, 0.6) is 0 Å². The minimum atomic E-state index is -0.501. The number of hydrogen-bond acceptors (Lipinski definition) is 4. The topological polar surface area (TPSA) is 74.9 Å². The molecular weight excluding hydrogens is 234 g/mol. The van der Waals surface area contributed by atoms with Crippen molar-refractivity contribution < 1.29 is 14.0 Å². The molecule has 6 heteroatoms. The number of rotatable bonds is 3. The normalized spacial score (nSPS) is 27.1. The summed E-state index contributed by atoms with van der Waals surface area (Å²) >= 11 is 0. The molecule has 1 saturated carbocycles. The number of furan rings is 1. The molecule has 6 nitrogen and oxygen atoms in total. The van der Waals surface area contributed by atoms with E-state index in [9.17, 15) is 9.59 Å². The van der Waals surface area contributed by atoms with E-state index in [2.05, 4.69) is 17.3 Å². The molecule has 1 N–H and O–H groups in total. The summed E-state index contributed by atoms with van der Waals surface area (Å²) in [6, 6.07) is 3.25. The van der Waals surface area contributed by atoms with Crippen LogP contribution in [0.15, 0.2) is 21.7 Å². The Bertz CT molecular complexity index is 534. The number of urea groups is 1. The second kappa shape index (κ2) is 3.97. The van der Waals surface area contributed by atoms with Gasteiger partial charge in [-0.2, -0.15) is 5.10 Å². The Labute approximate surface area is 104 Å². The van der Waals surface area contributed by atoms with E-state index in [4.69, 9.17) is 4.42 Å². The van der Waals surface area contributed by atoms with E-state index in [1.165, 1.54) is 6.21 Å². The van der Waals surface area contributed by atoms with E-state index >= 15 is 0 Å². The average molecular weight is 247 g/mol. The monoisotopic (exact) mass is 247 g/mol. The standard InChI is InChI=1S/C12H13N3O3/c1-7-4-9(7)10-3-2-8(18-10)5-13-15-6-11(16)14-12(15)17/h2-3,5,7,9H,4,6H2,1H3,(H,14,16,17)/b13-5-/t7-,9+/m0/s1. The Morgan fingerprint density at radius 3 is 2.89 bits per heavy atom. The lowest BCUT2D eigenvalue weighted by molar-refractivity contribution is -0.118. The molecular formula is C12H13N3O3. The van der Waals surface area contributed by atoms with Crippen LogP contribution in [0.1, 0.15) is 30.8 Å². The van der Waals surface area contributed by atoms with Gasteiger partial charge in [0.25, 0.3) is 0 Å². The lowest BCUT2D eigenvalue weighted by atomic mass is 10.3. The highest BCUT2D eigenvalue weighted by Crippen LogP contribution is 2.47. The third-order valence-electron chi connectivity index (χ3n) is 3.22. The maximum absolute atomic E-state index is 11.2. The predicted octanol–water partition coefficient (Wildman–Crippen LogP) is 1.29. The number of hydrazone groups is 1. The van der Waals surface area contributed by atoms with E-state index in [-0.39, 0.29) is 12.5 Å². The minimum absolute atomic E-state index is 0.0391. The number of imide groups is 1. The molecule has 1 aliphatic carbocycles. The number of nitrogens with one attached hydrogen (secondary N) is 1. The number of hydrogen-bond donors (Lipinski definition) is 1. The van der Waals surface area contributed by atoms with Crippen LogP contribution in [0.25, 0.3) is 0 Å². The van der Waals surface area contributed by atoms with Crippen molar-refractivity contribution in [1.82, 2.24) is 10.3 Å². The molecule has 2 heterocycles. The van der Waals surface area contributed by atoms with E-state index in [0.717, 1.165) is 17.2 Å². The summed E-state index contributed by atoms with van der Waals surface area (Å²) in [6.07, 6.45) is 2.61. The summed E-state index contributed by atoms with van der Waals surface area (Å²) in [5.74, 6) is 2.41. The van der Waals surface area contributed by atoms with E-state index < -0.39 is 6.03 Å². The zero-order valence-corrected chi connectivity index (χ0v) is 9.92. The van der Waals surface area contributed by atoms with Crippen LogP contribution in [-0.4, -0.2) is 29.7 Å². The first kappa shape index (κ1) is 11.0. The molecule has 2 fully saturated rings. The zero-order chi connectivity index (χ0) is 12.7. The van der Waals surface area contributed by atoms with Gasteiger partial charge in [-0.1, -0.05) is 6.92 Å². The van der Waals surface area contributed by atoms with E-state index in [0.29, 0.717) is 17.6 Å². The summed E-state index contributed by atoms with van der Waals surface area (Å²) in [5, 5.41) is 7.14. The molecule has 1 saturated heterocycles. The van der Waals surface area contributed by atoms with Crippen molar-refractivity contribution in [1.29, 1.82) is 0 Å². The molecule has 18 heavy (non-hydrogen) atoms. The molecule has 94 valence electrons. The molecule has 0 bridgehead atoms. The first-order chi connectivity index (χ1) is 8.63. The van der Waals surface area contributed by atoms with Gasteiger partial charge in [0.15, 0.2) is 0 Å². The molecule has 0 unspecified atom stereocenters. The van der Waals surface area contributed by atoms with Gasteiger partial charge in [0, 0.05) is 5.92 Å². The zero-order valence-electron chi connectivity index (χ0n) is 9.92. The Hall–Kier alpha value is -2.11. The fourth-order valence-corrected chi connectivity index (χ4v) is 2.01. The molecule has 0 spiro atoms. The predicted molar refractivity (Wildman–Crippen MR) is 63.1 cm³/mol. The number of amides is 3. The Balaban J connectivity index is 1.67. The van der Waals surface area contributed by atoms with Crippen LogP contribution in [0.2, 0.25) is 0 Å². The molecule has 3 rings (SSSR count). The van der Waals surface area contributed by atoms with Crippen LogP contribution in [0, 0.1) is 5.92 Å². The second-order valence-electron chi connectivity index (χ2n) is 4.72. The summed E-state index contributed by atoms with van der Waals surface area (Å²) in [5.41, 5.74) is 0. The van der Waals surface area contributed by atoms with Gasteiger partial charge >= 0.3 is 6.03 Å². The summed E-state index contributed by atoms with van der Waals surface area (Å²) in [4.78, 5) is 22.2. The summed E-state index contributed by atoms with van der Waals surface area (Å²) in [6.45, 7) is 2.14. The second-order valence-corrected chi connectivity index (χ2v) is 4.72. The van der Waals surface area contributed by atoms with Crippen molar-refractivity contribution >= 4 is 18.2 Å². The van der Waals surface area contributed by atoms with Gasteiger partial charge in [-0.15, -0.1) is 0 Å². The van der Waals surface area contributed by atoms with E-state index in [1.54, 1.807) is 0 Å². The van der Waals surface area contributed by atoms with Gasteiger partial charge in [-0.25, -0.2) is 9.80 Å². The Morgan fingerprint density at radius 2 is 2.28 bits per heavy atom. The van der Waals surface area contributed by atoms with Crippen LogP contribution >= 0.6 is 0 Å². The van der Waals surface area contributed by atoms with Crippen LogP contribution in [-0.2, 0) is 4.79 Å². The Morgan fingerprint density at radius 1 is 1.50 bits per heavy atom. The minimum Gasteiger partial charge on any atom is -0.460 e. The molecule has 3 amide bonds. The molecule has 0 radical (unpaired) electrons. The van der Waals surface area contributed by atoms with Gasteiger partial charge in [-0.3, -0.25) is 10.1 Å². The van der Waals surface area contributed by atoms with Crippen molar-refractivity contribution in [3.05, 3.63) is 23.7 Å². The van der Waals surface area contributed by atoms with Crippen LogP contribution in [0.3, 0.4) is 0 Å². The molecule has 2 atom stereocenters. The third-order valence-corrected chi connectivity index (χ3v) is 3.22. The van der Waals surface area contributed by atoms with E-state index in [1.807, 2.05) is 12.1 Å². The van der Waals surface area contributed by atoms with Crippen molar-refractivity contribution in [2.45, 2.75) is 19.3 Å². The number of carbonyl (C=O) groups excluding carboxylic acids is 2. The number of carbonyl (C=O) groups is 2. The summed E-state index contributed by atoms with van der Waals surface area (Å²) in [7, 11) is 0. The third kappa shape index (κ3) is 2.01. The van der Waals surface area contributed by atoms with Crippen LogP contribution in [0.4, 0.5) is 4.79 Å². The summed E-state index contributed by atoms with van der Waals surface area (Å²) < 4.78 is 5.61. The fourth-order valence-electron chi connectivity index (χ4n) is 2.01. The van der Waals surface area contributed by atoms with Gasteiger partial charge in [0.1, 0.15) is 18.1 Å². The molecule has 2 aliphatic rings. The lowest BCUT2D eigenvalue weighted by Gasteiger charge is -2.02. The molecule has 1 aromatic heterocycles. The van der Waals surface area contributed by atoms with Crippen molar-refractivity contribution in [2.75, 3.05) is 6.54 Å². The molecule has 1 aromatic rings. The van der Waals surface area contributed by atoms with Crippen LogP contribution < -0.4 is 5.32 Å². The average Bonchev–Trinajstić information content (AvgIpc) is 2.74. The quantitative estimate of drug-likeness (QED) is 0.646. The van der Waals surface area contributed by atoms with Crippen molar-refractivity contribution in [3.63, 3.8) is 0 Å². The lowest BCUT2D eigenvalue weighted by Crippen LogP contribution is -2.24. The highest BCUT2D eigenvalue weighted by Gasteiger charge is 2.36. The fraction of sp³-hybridized carbons (Fsp3) is 0.417. The SMILES string of the molecule is C[C@H]1C[C@H]1c1ccc(/C=N\N2CC(=O)NC2=O)o1. The smallest absolute Gasteiger partial charge is 0.344 e. The van der Waals surface area contributed by atoms with Gasteiger partial charge in [-0.05, 0) is 24.5 Å². The highest BCUT2D eigenvalue weighted by molar-refractivity contribution is 6.02.